The molecule has 5 nitrogen and oxygen atoms in total. The molecule has 1 aliphatic rings. The zero-order chi connectivity index (χ0) is 12.7. The van der Waals surface area contributed by atoms with E-state index in [1.807, 2.05) is 6.92 Å². The van der Waals surface area contributed by atoms with Gasteiger partial charge in [0.15, 0.2) is 0 Å². The van der Waals surface area contributed by atoms with Crippen molar-refractivity contribution < 1.29 is 19.4 Å². The van der Waals surface area contributed by atoms with Gasteiger partial charge in [-0.3, -0.25) is 9.59 Å². The Balaban J connectivity index is 2.17. The predicted octanol–water partition coefficient (Wildman–Crippen LogP) is 1.17. The Morgan fingerprint density at radius 3 is 2.47 bits per heavy atom. The summed E-state index contributed by atoms with van der Waals surface area (Å²) in [7, 11) is 0. The Morgan fingerprint density at radius 1 is 1.29 bits per heavy atom. The van der Waals surface area contributed by atoms with Crippen molar-refractivity contribution in [3.05, 3.63) is 0 Å². The molecule has 1 saturated carbocycles. The molecule has 0 radical (unpaired) electrons. The topological polar surface area (TPSA) is 75.6 Å². The van der Waals surface area contributed by atoms with Crippen molar-refractivity contribution in [1.29, 1.82) is 0 Å². The zero-order valence-electron chi connectivity index (χ0n) is 10.3. The second kappa shape index (κ2) is 7.27. The van der Waals surface area contributed by atoms with Gasteiger partial charge < -0.3 is 15.2 Å². The number of ether oxygens (including phenoxy) is 1. The summed E-state index contributed by atoms with van der Waals surface area (Å²) in [5.74, 6) is -0.832. The van der Waals surface area contributed by atoms with Gasteiger partial charge >= 0.3 is 11.9 Å². The third-order valence-electron chi connectivity index (χ3n) is 3.12. The van der Waals surface area contributed by atoms with E-state index in [1.54, 1.807) is 0 Å². The fourth-order valence-electron chi connectivity index (χ4n) is 2.18. The van der Waals surface area contributed by atoms with Gasteiger partial charge in [-0.2, -0.15) is 0 Å². The molecule has 0 aromatic carbocycles. The maximum atomic E-state index is 11.5. The maximum Gasteiger partial charge on any atom is 0.308 e. The van der Waals surface area contributed by atoms with Gasteiger partial charge in [0.25, 0.3) is 0 Å². The quantitative estimate of drug-likeness (QED) is 0.685. The summed E-state index contributed by atoms with van der Waals surface area (Å²) in [6.45, 7) is 2.76. The number of hydrogen-bond acceptors (Lipinski definition) is 4. The number of carboxylic acid groups (broad SMARTS) is 1. The van der Waals surface area contributed by atoms with Crippen LogP contribution in [0.3, 0.4) is 0 Å². The molecule has 0 aromatic rings. The Hall–Kier alpha value is -1.10. The van der Waals surface area contributed by atoms with E-state index < -0.39 is 5.97 Å². The number of hydrogen-bond donors (Lipinski definition) is 2. The molecule has 0 saturated heterocycles. The number of carbonyl (C=O) groups excluding carboxylic acids is 1. The molecule has 1 rings (SSSR count). The summed E-state index contributed by atoms with van der Waals surface area (Å²) in [4.78, 5) is 21.8. The smallest absolute Gasteiger partial charge is 0.308 e. The van der Waals surface area contributed by atoms with E-state index in [1.165, 1.54) is 0 Å². The summed E-state index contributed by atoms with van der Waals surface area (Å²) in [5.41, 5.74) is 0. The standard InChI is InChI=1S/C12H21NO4/c1-2-17-12(16)9-3-5-10(6-4-9)13-8-7-11(14)15/h9-10,13H,2-8H2,1H3,(H,14,15). The molecule has 0 spiro atoms. The number of rotatable bonds is 6. The highest BCUT2D eigenvalue weighted by Gasteiger charge is 2.26. The summed E-state index contributed by atoms with van der Waals surface area (Å²) in [6, 6.07) is 0.347. The third kappa shape index (κ3) is 5.17. The Morgan fingerprint density at radius 2 is 1.94 bits per heavy atom. The number of carboxylic acids is 1. The normalized spacial score (nSPS) is 24.3. The second-order valence-corrected chi connectivity index (χ2v) is 4.40. The van der Waals surface area contributed by atoms with Gasteiger partial charge in [-0.05, 0) is 32.6 Å². The van der Waals surface area contributed by atoms with Gasteiger partial charge in [-0.25, -0.2) is 0 Å². The van der Waals surface area contributed by atoms with Gasteiger partial charge in [-0.15, -0.1) is 0 Å². The number of esters is 1. The van der Waals surface area contributed by atoms with Crippen LogP contribution in [0.2, 0.25) is 0 Å². The van der Waals surface area contributed by atoms with Crippen molar-refractivity contribution in [2.45, 2.75) is 45.1 Å². The third-order valence-corrected chi connectivity index (χ3v) is 3.12. The first-order valence-electron chi connectivity index (χ1n) is 6.25. The minimum Gasteiger partial charge on any atom is -0.481 e. The molecule has 1 fully saturated rings. The van der Waals surface area contributed by atoms with Crippen LogP contribution in [0.15, 0.2) is 0 Å². The highest BCUT2D eigenvalue weighted by molar-refractivity contribution is 5.72. The first-order valence-corrected chi connectivity index (χ1v) is 6.25. The molecule has 0 aliphatic heterocycles. The fourth-order valence-corrected chi connectivity index (χ4v) is 2.18. The Kier molecular flexibility index (Phi) is 5.97. The Labute approximate surface area is 102 Å². The molecule has 0 bridgehead atoms. The van der Waals surface area contributed by atoms with Crippen molar-refractivity contribution in [2.24, 2.45) is 5.92 Å². The summed E-state index contributed by atoms with van der Waals surface area (Å²) in [5, 5.41) is 11.7. The van der Waals surface area contributed by atoms with Gasteiger partial charge in [0, 0.05) is 12.6 Å². The van der Waals surface area contributed by atoms with Crippen LogP contribution in [-0.4, -0.2) is 36.2 Å². The lowest BCUT2D eigenvalue weighted by atomic mass is 9.86. The van der Waals surface area contributed by atoms with Crippen LogP contribution in [0.25, 0.3) is 0 Å². The molecule has 0 heterocycles. The molecule has 0 unspecified atom stereocenters. The first kappa shape index (κ1) is 14.0. The van der Waals surface area contributed by atoms with E-state index in [0.717, 1.165) is 25.7 Å². The number of aliphatic carboxylic acids is 1. The molecule has 0 aromatic heterocycles. The highest BCUT2D eigenvalue weighted by Crippen LogP contribution is 2.25. The molecule has 2 N–H and O–H groups in total. The van der Waals surface area contributed by atoms with Crippen molar-refractivity contribution in [1.82, 2.24) is 5.32 Å². The number of carbonyl (C=O) groups is 2. The molecule has 0 atom stereocenters. The van der Waals surface area contributed by atoms with Crippen LogP contribution >= 0.6 is 0 Å². The van der Waals surface area contributed by atoms with Crippen molar-refractivity contribution in [2.75, 3.05) is 13.2 Å². The van der Waals surface area contributed by atoms with E-state index in [2.05, 4.69) is 5.32 Å². The lowest BCUT2D eigenvalue weighted by Crippen LogP contribution is -2.36. The second-order valence-electron chi connectivity index (χ2n) is 4.40. The first-order chi connectivity index (χ1) is 8.13. The van der Waals surface area contributed by atoms with Crippen LogP contribution in [0.1, 0.15) is 39.0 Å². The van der Waals surface area contributed by atoms with Crippen molar-refractivity contribution in [3.8, 4) is 0 Å². The van der Waals surface area contributed by atoms with Gasteiger partial charge in [-0.1, -0.05) is 0 Å². The van der Waals surface area contributed by atoms with Crippen LogP contribution in [0.4, 0.5) is 0 Å². The van der Waals surface area contributed by atoms with Crippen LogP contribution < -0.4 is 5.32 Å². The molecule has 98 valence electrons. The molecular weight excluding hydrogens is 222 g/mol. The minimum atomic E-state index is -0.780. The SMILES string of the molecule is CCOC(=O)C1CCC(NCCC(=O)O)CC1. The van der Waals surface area contributed by atoms with Gasteiger partial charge in [0.1, 0.15) is 0 Å². The lowest BCUT2D eigenvalue weighted by Gasteiger charge is -2.27. The van der Waals surface area contributed by atoms with Crippen LogP contribution in [0, 0.1) is 5.92 Å². The molecule has 1 aliphatic carbocycles. The molecule has 5 heteroatoms. The summed E-state index contributed by atoms with van der Waals surface area (Å²) in [6.07, 6.45) is 3.66. The highest BCUT2D eigenvalue weighted by atomic mass is 16.5. The van der Waals surface area contributed by atoms with E-state index in [9.17, 15) is 9.59 Å². The average molecular weight is 243 g/mol. The molecule has 17 heavy (non-hydrogen) atoms. The van der Waals surface area contributed by atoms with Crippen LogP contribution in [-0.2, 0) is 14.3 Å². The minimum absolute atomic E-state index is 0.0347. The monoisotopic (exact) mass is 243 g/mol. The van der Waals surface area contributed by atoms with E-state index in [0.29, 0.717) is 19.2 Å². The maximum absolute atomic E-state index is 11.5. The predicted molar refractivity (Wildman–Crippen MR) is 62.6 cm³/mol. The largest absolute Gasteiger partial charge is 0.481 e. The van der Waals surface area contributed by atoms with Crippen molar-refractivity contribution >= 4 is 11.9 Å². The van der Waals surface area contributed by atoms with E-state index in [4.69, 9.17) is 9.84 Å². The van der Waals surface area contributed by atoms with Gasteiger partial charge in [0.05, 0.1) is 18.9 Å². The van der Waals surface area contributed by atoms with E-state index >= 15 is 0 Å². The lowest BCUT2D eigenvalue weighted by molar-refractivity contribution is -0.149. The van der Waals surface area contributed by atoms with Crippen LogP contribution in [0.5, 0.6) is 0 Å². The number of nitrogens with one attached hydrogen (secondary N) is 1. The van der Waals surface area contributed by atoms with E-state index in [-0.39, 0.29) is 18.3 Å². The average Bonchev–Trinajstić information content (AvgIpc) is 2.30. The summed E-state index contributed by atoms with van der Waals surface area (Å²) >= 11 is 0. The zero-order valence-corrected chi connectivity index (χ0v) is 10.3. The Bertz CT molecular complexity index is 259. The van der Waals surface area contributed by atoms with Gasteiger partial charge in [0.2, 0.25) is 0 Å². The molecular formula is C12H21NO4. The fraction of sp³-hybridized carbons (Fsp3) is 0.833. The summed E-state index contributed by atoms with van der Waals surface area (Å²) < 4.78 is 4.99. The van der Waals surface area contributed by atoms with Crippen molar-refractivity contribution in [3.63, 3.8) is 0 Å². The molecule has 0 amide bonds.